The van der Waals surface area contributed by atoms with Gasteiger partial charge in [-0.1, -0.05) is 40.3 Å². The van der Waals surface area contributed by atoms with Gasteiger partial charge in [0.05, 0.1) is 25.2 Å². The van der Waals surface area contributed by atoms with Crippen LogP contribution in [0.25, 0.3) is 0 Å². The molecule has 0 radical (unpaired) electrons. The number of hydroxylamine groups is 4. The van der Waals surface area contributed by atoms with Crippen LogP contribution in [0, 0.1) is 28.6 Å². The number of allylic oxidation sites excluding steroid dienone is 1. The lowest BCUT2D eigenvalue weighted by Gasteiger charge is -2.58. The highest BCUT2D eigenvalue weighted by Crippen LogP contribution is 2.65. The van der Waals surface area contributed by atoms with Crippen molar-refractivity contribution in [2.75, 3.05) is 20.2 Å². The second kappa shape index (κ2) is 17.4. The SMILES string of the molecule is C.C.CC12CC[C@H](OCC(=O)CCC(=O)ON3C(=O)CCC3=O)C=C1CCC1C2CCC2(C)C(O)CCC12.CNCC(=O)ON1C(=O)CCC1=O. The lowest BCUT2D eigenvalue weighted by molar-refractivity contribution is -0.197. The van der Waals surface area contributed by atoms with E-state index in [9.17, 15) is 38.7 Å². The van der Waals surface area contributed by atoms with Crippen LogP contribution in [-0.2, 0) is 48.0 Å². The third kappa shape index (κ3) is 8.94. The largest absolute Gasteiger partial charge is 0.393 e. The van der Waals surface area contributed by atoms with Crippen molar-refractivity contribution in [3.8, 4) is 0 Å². The van der Waals surface area contributed by atoms with Gasteiger partial charge in [0.15, 0.2) is 5.78 Å². The second-order valence-electron chi connectivity index (χ2n) is 14.7. The zero-order chi connectivity index (χ0) is 35.5. The lowest BCUT2D eigenvalue weighted by atomic mass is 9.47. The van der Waals surface area contributed by atoms with Crippen molar-refractivity contribution < 1.29 is 53.1 Å². The summed E-state index contributed by atoms with van der Waals surface area (Å²) in [5.41, 5.74) is 1.74. The summed E-state index contributed by atoms with van der Waals surface area (Å²) in [7, 11) is 1.56. The third-order valence-corrected chi connectivity index (χ3v) is 11.8. The van der Waals surface area contributed by atoms with Gasteiger partial charge in [0, 0.05) is 32.1 Å². The normalized spacial score (nSPS) is 32.3. The Morgan fingerprint density at radius 1 is 0.784 bits per heavy atom. The number of imide groups is 2. The Labute approximate surface area is 300 Å². The molecule has 14 nitrogen and oxygen atoms in total. The number of carbonyl (C=O) groups is 7. The Morgan fingerprint density at radius 3 is 1.96 bits per heavy atom. The molecule has 2 aliphatic heterocycles. The molecule has 0 spiro atoms. The smallest absolute Gasteiger partial charge is 0.346 e. The summed E-state index contributed by atoms with van der Waals surface area (Å²) < 4.78 is 5.94. The maximum atomic E-state index is 12.3. The van der Waals surface area contributed by atoms with Crippen LogP contribution in [0.15, 0.2) is 11.6 Å². The van der Waals surface area contributed by atoms with Crippen molar-refractivity contribution in [1.82, 2.24) is 15.4 Å². The quantitative estimate of drug-likeness (QED) is 0.247. The molecular formula is C37H57N3O11. The van der Waals surface area contributed by atoms with Crippen LogP contribution < -0.4 is 5.32 Å². The van der Waals surface area contributed by atoms with Gasteiger partial charge in [0.25, 0.3) is 23.6 Å². The number of nitrogens with one attached hydrogen (secondary N) is 1. The van der Waals surface area contributed by atoms with Crippen molar-refractivity contribution in [3.63, 3.8) is 0 Å². The number of aliphatic hydroxyl groups is 1. The number of Topliss-reactive ketones (excluding diaryl/α,β-unsaturated/α-hetero) is 1. The molecular weight excluding hydrogens is 662 g/mol. The van der Waals surface area contributed by atoms with Crippen molar-refractivity contribution in [2.24, 2.45) is 28.6 Å². The highest BCUT2D eigenvalue weighted by Gasteiger charge is 2.58. The van der Waals surface area contributed by atoms with Crippen LogP contribution >= 0.6 is 0 Å². The summed E-state index contributed by atoms with van der Waals surface area (Å²) in [4.78, 5) is 89.4. The molecule has 286 valence electrons. The highest BCUT2D eigenvalue weighted by atomic mass is 16.7. The molecule has 0 aromatic rings. The number of fused-ring (bicyclic) bond motifs is 5. The van der Waals surface area contributed by atoms with E-state index in [0.717, 1.165) is 38.5 Å². The number of rotatable bonds is 10. The number of carbonyl (C=O) groups excluding carboxylic acids is 7. The molecule has 4 aliphatic carbocycles. The first-order valence-corrected chi connectivity index (χ1v) is 17.6. The molecule has 6 aliphatic rings. The van der Waals surface area contributed by atoms with E-state index >= 15 is 0 Å². The van der Waals surface area contributed by atoms with E-state index in [2.05, 4.69) is 30.1 Å². The predicted octanol–water partition coefficient (Wildman–Crippen LogP) is 3.74. The van der Waals surface area contributed by atoms with Crippen molar-refractivity contribution >= 4 is 41.4 Å². The molecule has 51 heavy (non-hydrogen) atoms. The Hall–Kier alpha value is -3.49. The fourth-order valence-corrected chi connectivity index (χ4v) is 9.06. The van der Waals surface area contributed by atoms with E-state index in [0.29, 0.717) is 27.9 Å². The van der Waals surface area contributed by atoms with Gasteiger partial charge in [-0.05, 0) is 87.0 Å². The van der Waals surface area contributed by atoms with Crippen LogP contribution in [0.2, 0.25) is 0 Å². The number of hydrogen-bond acceptors (Lipinski definition) is 12. The number of nitrogens with zero attached hydrogens (tertiary/aromatic N) is 2. The Bertz CT molecular complexity index is 1370. The van der Waals surface area contributed by atoms with Crippen molar-refractivity contribution in [3.05, 3.63) is 11.6 Å². The molecule has 0 bridgehead atoms. The van der Waals surface area contributed by atoms with E-state index in [-0.39, 0.29) is 95.4 Å². The fourth-order valence-electron chi connectivity index (χ4n) is 9.06. The number of amides is 4. The number of aliphatic hydroxyl groups excluding tert-OH is 1. The van der Waals surface area contributed by atoms with Crippen LogP contribution in [0.1, 0.15) is 119 Å². The summed E-state index contributed by atoms with van der Waals surface area (Å²) in [6, 6.07) is 0. The molecule has 0 aromatic heterocycles. The maximum Gasteiger partial charge on any atom is 0.346 e. The number of hydrogen-bond donors (Lipinski definition) is 2. The molecule has 2 N–H and O–H groups in total. The minimum absolute atomic E-state index is 0. The fraction of sp³-hybridized carbons (Fsp3) is 0.757. The molecule has 6 unspecified atom stereocenters. The summed E-state index contributed by atoms with van der Waals surface area (Å²) in [5, 5.41) is 14.2. The molecule has 3 saturated carbocycles. The van der Waals surface area contributed by atoms with E-state index in [1.54, 1.807) is 7.05 Å². The highest BCUT2D eigenvalue weighted by molar-refractivity contribution is 6.02. The van der Waals surface area contributed by atoms with Gasteiger partial charge >= 0.3 is 11.9 Å². The first-order valence-electron chi connectivity index (χ1n) is 17.6. The Morgan fingerprint density at radius 2 is 1.37 bits per heavy atom. The number of ether oxygens (including phenoxy) is 1. The van der Waals surface area contributed by atoms with Gasteiger partial charge in [0.1, 0.15) is 6.61 Å². The zero-order valence-electron chi connectivity index (χ0n) is 28.7. The Kier molecular flexibility index (Phi) is 14.3. The van der Waals surface area contributed by atoms with E-state index < -0.39 is 35.6 Å². The van der Waals surface area contributed by atoms with Crippen LogP contribution in [0.4, 0.5) is 0 Å². The van der Waals surface area contributed by atoms with Gasteiger partial charge in [-0.2, -0.15) is 0 Å². The number of ketones is 1. The molecule has 0 aromatic carbocycles. The summed E-state index contributed by atoms with van der Waals surface area (Å²) in [6.45, 7) is 4.64. The topological polar surface area (TPSA) is 186 Å². The zero-order valence-corrected chi connectivity index (χ0v) is 28.7. The third-order valence-electron chi connectivity index (χ3n) is 11.8. The van der Waals surface area contributed by atoms with E-state index in [1.165, 1.54) is 18.4 Å². The molecule has 7 atom stereocenters. The van der Waals surface area contributed by atoms with Crippen LogP contribution in [-0.4, -0.2) is 89.0 Å². The average molecular weight is 720 g/mol. The molecule has 5 fully saturated rings. The lowest BCUT2D eigenvalue weighted by Crippen LogP contribution is -2.51. The van der Waals surface area contributed by atoms with Gasteiger partial charge < -0.3 is 24.8 Å². The van der Waals surface area contributed by atoms with E-state index in [4.69, 9.17) is 9.57 Å². The monoisotopic (exact) mass is 719 g/mol. The minimum Gasteiger partial charge on any atom is -0.393 e. The minimum atomic E-state index is -0.766. The first kappa shape index (κ1) is 41.9. The number of likely N-dealkylation sites (N-methyl/N-ethyl adjacent to an activating group) is 1. The molecule has 6 rings (SSSR count). The Balaban J connectivity index is 0.000000399. The van der Waals surface area contributed by atoms with E-state index in [1.807, 2.05) is 0 Å². The molecule has 2 heterocycles. The summed E-state index contributed by atoms with van der Waals surface area (Å²) in [6.07, 6.45) is 10.6. The second-order valence-corrected chi connectivity index (χ2v) is 14.7. The molecule has 14 heteroatoms. The van der Waals surface area contributed by atoms with Crippen molar-refractivity contribution in [1.29, 1.82) is 0 Å². The molecule has 2 saturated heterocycles. The molecule has 4 amide bonds. The summed E-state index contributed by atoms with van der Waals surface area (Å²) >= 11 is 0. The maximum absolute atomic E-state index is 12.3. The van der Waals surface area contributed by atoms with Crippen LogP contribution in [0.5, 0.6) is 0 Å². The predicted molar refractivity (Wildman–Crippen MR) is 183 cm³/mol. The first-order chi connectivity index (χ1) is 23.3. The standard InChI is InChI=1S/C28H39NO7.C7H10N2O4.2CH4/c1-27-13-11-19(35-16-18(30)4-10-26(34)36-29-24(32)8-9-25(29)33)15-17(27)3-5-20-21-6-7-23(31)28(21,2)14-12-22(20)27;1-8-4-7(12)13-9-5(10)2-3-6(9)11;;/h15,19-23,31H,3-14,16H2,1-2H3;8H,2-4H2,1H3;2*1H4/t19-,20?,21?,22?,23?,27?,28?;;;/m0.../s1. The van der Waals surface area contributed by atoms with Gasteiger partial charge in [-0.15, -0.1) is 10.1 Å². The summed E-state index contributed by atoms with van der Waals surface area (Å²) in [5.74, 6) is -1.63. The van der Waals surface area contributed by atoms with Gasteiger partial charge in [-0.25, -0.2) is 9.59 Å². The van der Waals surface area contributed by atoms with Crippen LogP contribution in [0.3, 0.4) is 0 Å². The average Bonchev–Trinajstić information content (AvgIpc) is 3.68. The van der Waals surface area contributed by atoms with Gasteiger partial charge in [0.2, 0.25) is 0 Å². The van der Waals surface area contributed by atoms with Gasteiger partial charge in [-0.3, -0.25) is 24.0 Å². The van der Waals surface area contributed by atoms with Crippen molar-refractivity contribution in [2.45, 2.75) is 131 Å².